The molecular weight excluding hydrogens is 362 g/mol. The number of tetrazole rings is 1. The van der Waals surface area contributed by atoms with Gasteiger partial charge in [0.25, 0.3) is 0 Å². The lowest BCUT2D eigenvalue weighted by Crippen LogP contribution is -2.30. The Morgan fingerprint density at radius 1 is 1.37 bits per heavy atom. The predicted octanol–water partition coefficient (Wildman–Crippen LogP) is 3.40. The number of methoxy groups -OCH3 is 1. The fourth-order valence-corrected chi connectivity index (χ4v) is 3.48. The van der Waals surface area contributed by atoms with Crippen molar-refractivity contribution in [2.45, 2.75) is 51.6 Å². The van der Waals surface area contributed by atoms with Crippen LogP contribution in [0.5, 0.6) is 5.75 Å². The Labute approximate surface area is 165 Å². The van der Waals surface area contributed by atoms with E-state index in [0.717, 1.165) is 30.6 Å². The first-order chi connectivity index (χ1) is 13.1. The van der Waals surface area contributed by atoms with Crippen molar-refractivity contribution in [1.29, 1.82) is 0 Å². The van der Waals surface area contributed by atoms with Gasteiger partial charge in [-0.25, -0.2) is 0 Å². The first-order valence-electron chi connectivity index (χ1n) is 9.41. The van der Waals surface area contributed by atoms with Gasteiger partial charge in [-0.3, -0.25) is 4.79 Å². The van der Waals surface area contributed by atoms with E-state index in [1.165, 1.54) is 24.6 Å². The fraction of sp³-hybridized carbons (Fsp3) is 0.579. The molecule has 27 heavy (non-hydrogen) atoms. The molecule has 1 amide bonds. The number of aryl methyl sites for hydroxylation is 1. The molecule has 0 saturated heterocycles. The number of aromatic nitrogens is 4. The molecule has 1 atom stereocenters. The molecule has 1 aromatic heterocycles. The zero-order chi connectivity index (χ0) is 19.6. The predicted molar refractivity (Wildman–Crippen MR) is 107 cm³/mol. The number of hydrogen-bond acceptors (Lipinski definition) is 6. The van der Waals surface area contributed by atoms with Gasteiger partial charge in [0.1, 0.15) is 11.4 Å². The summed E-state index contributed by atoms with van der Waals surface area (Å²) in [6.45, 7) is 7.09. The minimum Gasteiger partial charge on any atom is -0.494 e. The Balaban J connectivity index is 1.95. The third-order valence-corrected chi connectivity index (χ3v) is 5.39. The monoisotopic (exact) mass is 391 g/mol. The third kappa shape index (κ3) is 6.23. The van der Waals surface area contributed by atoms with Crippen LogP contribution in [0.25, 0.3) is 5.69 Å². The summed E-state index contributed by atoms with van der Waals surface area (Å²) in [5.41, 5.74) is 1.84. The zero-order valence-electron chi connectivity index (χ0n) is 16.6. The number of hydrogen-bond donors (Lipinski definition) is 1. The summed E-state index contributed by atoms with van der Waals surface area (Å²) in [6.07, 6.45) is 4.63. The van der Waals surface area contributed by atoms with Crippen molar-refractivity contribution < 1.29 is 9.53 Å². The normalized spacial score (nSPS) is 12.0. The van der Waals surface area contributed by atoms with Crippen LogP contribution in [0, 0.1) is 12.8 Å². The Hall–Kier alpha value is -2.09. The Kier molecular flexibility index (Phi) is 8.57. The maximum absolute atomic E-state index is 12.2. The van der Waals surface area contributed by atoms with Crippen LogP contribution >= 0.6 is 11.8 Å². The largest absolute Gasteiger partial charge is 0.494 e. The summed E-state index contributed by atoms with van der Waals surface area (Å²) in [5, 5.41) is 15.5. The maximum atomic E-state index is 12.2. The summed E-state index contributed by atoms with van der Waals surface area (Å²) in [5.74, 6) is 1.50. The van der Waals surface area contributed by atoms with Crippen LogP contribution in [0.2, 0.25) is 0 Å². The van der Waals surface area contributed by atoms with Crippen molar-refractivity contribution in [2.24, 2.45) is 5.92 Å². The number of carbonyl (C=O) groups excluding carboxylic acids is 1. The Morgan fingerprint density at radius 3 is 2.89 bits per heavy atom. The van der Waals surface area contributed by atoms with Crippen LogP contribution in [-0.2, 0) is 4.79 Å². The van der Waals surface area contributed by atoms with Crippen molar-refractivity contribution in [1.82, 2.24) is 25.5 Å². The minimum atomic E-state index is 0.000653. The first-order valence-corrected chi connectivity index (χ1v) is 10.4. The molecule has 2 rings (SSSR count). The SMILES string of the molecule is CCCC[C@@H](CC)CNC(=O)CSc1nnnn1-c1cc(C)ccc1OC. The lowest BCUT2D eigenvalue weighted by atomic mass is 9.99. The Bertz CT molecular complexity index is 735. The van der Waals surface area contributed by atoms with E-state index < -0.39 is 0 Å². The number of thioether (sulfide) groups is 1. The van der Waals surface area contributed by atoms with E-state index in [1.807, 2.05) is 25.1 Å². The van der Waals surface area contributed by atoms with Gasteiger partial charge in [-0.2, -0.15) is 4.68 Å². The lowest BCUT2D eigenvalue weighted by molar-refractivity contribution is -0.118. The van der Waals surface area contributed by atoms with Gasteiger partial charge in [0.2, 0.25) is 11.1 Å². The van der Waals surface area contributed by atoms with E-state index in [0.29, 0.717) is 16.8 Å². The second kappa shape index (κ2) is 10.9. The highest BCUT2D eigenvalue weighted by Crippen LogP contribution is 2.26. The van der Waals surface area contributed by atoms with E-state index in [2.05, 4.69) is 34.7 Å². The molecule has 148 valence electrons. The van der Waals surface area contributed by atoms with E-state index in [4.69, 9.17) is 4.74 Å². The van der Waals surface area contributed by atoms with E-state index in [9.17, 15) is 4.79 Å². The quantitative estimate of drug-likeness (QED) is 0.591. The van der Waals surface area contributed by atoms with Crippen LogP contribution in [-0.4, -0.2) is 45.5 Å². The highest BCUT2D eigenvalue weighted by molar-refractivity contribution is 7.99. The highest BCUT2D eigenvalue weighted by Gasteiger charge is 2.15. The van der Waals surface area contributed by atoms with Gasteiger partial charge in [0, 0.05) is 6.54 Å². The minimum absolute atomic E-state index is 0.000653. The van der Waals surface area contributed by atoms with Crippen LogP contribution in [0.1, 0.15) is 45.1 Å². The van der Waals surface area contributed by atoms with Gasteiger partial charge < -0.3 is 10.1 Å². The number of nitrogens with one attached hydrogen (secondary N) is 1. The molecule has 7 nitrogen and oxygen atoms in total. The molecule has 0 aliphatic carbocycles. The highest BCUT2D eigenvalue weighted by atomic mass is 32.2. The number of nitrogens with zero attached hydrogens (tertiary/aromatic N) is 4. The van der Waals surface area contributed by atoms with Crippen molar-refractivity contribution in [3.63, 3.8) is 0 Å². The van der Waals surface area contributed by atoms with Crippen molar-refractivity contribution in [3.05, 3.63) is 23.8 Å². The molecule has 0 aliphatic heterocycles. The molecule has 1 N–H and O–H groups in total. The molecule has 0 radical (unpaired) electrons. The van der Waals surface area contributed by atoms with Gasteiger partial charge >= 0.3 is 0 Å². The van der Waals surface area contributed by atoms with Crippen molar-refractivity contribution in [2.75, 3.05) is 19.4 Å². The summed E-state index contributed by atoms with van der Waals surface area (Å²) < 4.78 is 7.02. The number of ether oxygens (including phenoxy) is 1. The summed E-state index contributed by atoms with van der Waals surface area (Å²) >= 11 is 1.32. The molecule has 8 heteroatoms. The van der Waals surface area contributed by atoms with Gasteiger partial charge in [-0.05, 0) is 47.4 Å². The number of amides is 1. The molecule has 1 heterocycles. The summed E-state index contributed by atoms with van der Waals surface area (Å²) in [4.78, 5) is 12.2. The smallest absolute Gasteiger partial charge is 0.230 e. The molecular formula is C19H29N5O2S. The van der Waals surface area contributed by atoms with Crippen LogP contribution < -0.4 is 10.1 Å². The standard InChI is InChI=1S/C19H29N5O2S/c1-5-7-8-15(6-2)12-20-18(25)13-27-19-21-22-23-24(19)16-11-14(3)9-10-17(16)26-4/h9-11,15H,5-8,12-13H2,1-4H3,(H,20,25)/t15-/m1/s1. The third-order valence-electron chi connectivity index (χ3n) is 4.47. The second-order valence-electron chi connectivity index (χ2n) is 6.56. The first kappa shape index (κ1) is 21.2. The zero-order valence-corrected chi connectivity index (χ0v) is 17.4. The molecule has 1 aromatic carbocycles. The Morgan fingerprint density at radius 2 is 2.19 bits per heavy atom. The van der Waals surface area contributed by atoms with Crippen LogP contribution in [0.3, 0.4) is 0 Å². The molecule has 0 spiro atoms. The summed E-state index contributed by atoms with van der Waals surface area (Å²) in [6, 6.07) is 5.81. The molecule has 2 aromatic rings. The molecule has 0 aliphatic rings. The van der Waals surface area contributed by atoms with Crippen LogP contribution in [0.15, 0.2) is 23.4 Å². The number of rotatable bonds is 11. The van der Waals surface area contributed by atoms with Gasteiger partial charge in [0.15, 0.2) is 0 Å². The summed E-state index contributed by atoms with van der Waals surface area (Å²) in [7, 11) is 1.61. The number of carbonyl (C=O) groups is 1. The molecule has 0 saturated carbocycles. The fourth-order valence-electron chi connectivity index (χ4n) is 2.77. The van der Waals surface area contributed by atoms with E-state index in [1.54, 1.807) is 11.8 Å². The second-order valence-corrected chi connectivity index (χ2v) is 7.50. The lowest BCUT2D eigenvalue weighted by Gasteiger charge is -2.15. The topological polar surface area (TPSA) is 81.9 Å². The number of unbranched alkanes of at least 4 members (excludes halogenated alkanes) is 1. The van der Waals surface area contributed by atoms with Gasteiger partial charge in [-0.1, -0.05) is 50.9 Å². The van der Waals surface area contributed by atoms with Crippen LogP contribution in [0.4, 0.5) is 0 Å². The molecule has 0 fully saturated rings. The number of benzene rings is 1. The van der Waals surface area contributed by atoms with Crippen molar-refractivity contribution >= 4 is 17.7 Å². The molecule has 0 bridgehead atoms. The van der Waals surface area contributed by atoms with Crippen molar-refractivity contribution in [3.8, 4) is 11.4 Å². The van der Waals surface area contributed by atoms with E-state index >= 15 is 0 Å². The average Bonchev–Trinajstić information content (AvgIpc) is 3.15. The maximum Gasteiger partial charge on any atom is 0.230 e. The van der Waals surface area contributed by atoms with Gasteiger partial charge in [-0.15, -0.1) is 5.10 Å². The van der Waals surface area contributed by atoms with E-state index in [-0.39, 0.29) is 11.7 Å². The average molecular weight is 392 g/mol. The van der Waals surface area contributed by atoms with Gasteiger partial charge in [0.05, 0.1) is 12.9 Å². The molecule has 0 unspecified atom stereocenters.